The molecular formula is C20H27N5O2. The standard InChI is InChI=1S/C20H27N5O2/c26-6-5-15-7-21-19-18(8-22-25(19)12-15)20(27)24-11-16-3-4-17(13-24)23(10-16)9-14-1-2-14/h7-8,12,14,16-17,26H,1-6,9-11,13H2/t16-,17-/m1/s1. The van der Waals surface area contributed by atoms with Gasteiger partial charge in [-0.15, -0.1) is 0 Å². The quantitative estimate of drug-likeness (QED) is 0.858. The summed E-state index contributed by atoms with van der Waals surface area (Å²) in [7, 11) is 0. The Labute approximate surface area is 159 Å². The monoisotopic (exact) mass is 369 g/mol. The molecule has 1 N–H and O–H groups in total. The van der Waals surface area contributed by atoms with E-state index in [0.717, 1.165) is 31.1 Å². The fourth-order valence-corrected chi connectivity index (χ4v) is 4.69. The van der Waals surface area contributed by atoms with Crippen molar-refractivity contribution in [1.29, 1.82) is 0 Å². The summed E-state index contributed by atoms with van der Waals surface area (Å²) in [5.41, 5.74) is 2.10. The van der Waals surface area contributed by atoms with Crippen LogP contribution in [-0.4, -0.2) is 74.2 Å². The van der Waals surface area contributed by atoms with Crippen molar-refractivity contribution in [1.82, 2.24) is 24.4 Å². The summed E-state index contributed by atoms with van der Waals surface area (Å²) in [6, 6.07) is 0.499. The van der Waals surface area contributed by atoms with E-state index in [-0.39, 0.29) is 12.5 Å². The van der Waals surface area contributed by atoms with Crippen molar-refractivity contribution in [2.75, 3.05) is 32.8 Å². The zero-order valence-corrected chi connectivity index (χ0v) is 15.6. The van der Waals surface area contributed by atoms with Gasteiger partial charge < -0.3 is 10.0 Å². The average molecular weight is 369 g/mol. The highest BCUT2D eigenvalue weighted by molar-refractivity contribution is 5.99. The van der Waals surface area contributed by atoms with Gasteiger partial charge in [-0.25, -0.2) is 9.50 Å². The van der Waals surface area contributed by atoms with Gasteiger partial charge in [-0.1, -0.05) is 0 Å². The number of hydrogen-bond donors (Lipinski definition) is 1. The topological polar surface area (TPSA) is 74.0 Å². The van der Waals surface area contributed by atoms with Gasteiger partial charge in [0.25, 0.3) is 5.91 Å². The molecule has 4 aliphatic rings. The Morgan fingerprint density at radius 3 is 2.85 bits per heavy atom. The average Bonchev–Trinajstić information content (AvgIpc) is 3.45. The highest BCUT2D eigenvalue weighted by Gasteiger charge is 2.39. The molecular weight excluding hydrogens is 342 g/mol. The summed E-state index contributed by atoms with van der Waals surface area (Å²) in [5.74, 6) is 1.53. The van der Waals surface area contributed by atoms with Crippen LogP contribution in [0.1, 0.15) is 41.6 Å². The van der Waals surface area contributed by atoms with Crippen LogP contribution in [0.25, 0.3) is 5.65 Å². The smallest absolute Gasteiger partial charge is 0.259 e. The maximum absolute atomic E-state index is 13.3. The number of aromatic nitrogens is 3. The third-order valence-electron chi connectivity index (χ3n) is 6.34. The van der Waals surface area contributed by atoms with E-state index in [9.17, 15) is 4.79 Å². The lowest BCUT2D eigenvalue weighted by Gasteiger charge is -2.36. The molecule has 7 heteroatoms. The van der Waals surface area contributed by atoms with Crippen LogP contribution >= 0.6 is 0 Å². The van der Waals surface area contributed by atoms with E-state index in [4.69, 9.17) is 5.11 Å². The van der Waals surface area contributed by atoms with Crippen LogP contribution in [-0.2, 0) is 6.42 Å². The second-order valence-corrected chi connectivity index (χ2v) is 8.47. The number of aliphatic hydroxyl groups excluding tert-OH is 1. The highest BCUT2D eigenvalue weighted by atomic mass is 16.3. The number of rotatable bonds is 5. The molecule has 1 aliphatic carbocycles. The lowest BCUT2D eigenvalue weighted by Crippen LogP contribution is -2.45. The molecule has 0 aromatic carbocycles. The number of fused-ring (bicyclic) bond motifs is 5. The molecule has 2 atom stereocenters. The molecule has 6 rings (SSSR count). The van der Waals surface area contributed by atoms with Gasteiger partial charge in [0.05, 0.1) is 6.20 Å². The molecule has 1 amide bonds. The highest BCUT2D eigenvalue weighted by Crippen LogP contribution is 2.35. The third-order valence-corrected chi connectivity index (χ3v) is 6.34. The third kappa shape index (κ3) is 3.34. The van der Waals surface area contributed by atoms with Crippen molar-refractivity contribution in [3.8, 4) is 0 Å². The maximum Gasteiger partial charge on any atom is 0.259 e. The molecule has 0 spiro atoms. The maximum atomic E-state index is 13.3. The Morgan fingerprint density at radius 2 is 2.04 bits per heavy atom. The number of hydrogen-bond acceptors (Lipinski definition) is 5. The van der Waals surface area contributed by atoms with Crippen LogP contribution in [0.4, 0.5) is 0 Å². The second kappa shape index (κ2) is 6.87. The van der Waals surface area contributed by atoms with Gasteiger partial charge in [0.2, 0.25) is 0 Å². The Kier molecular flexibility index (Phi) is 4.36. The first-order valence-corrected chi connectivity index (χ1v) is 10.2. The Morgan fingerprint density at radius 1 is 1.15 bits per heavy atom. The van der Waals surface area contributed by atoms with Gasteiger partial charge in [-0.3, -0.25) is 9.69 Å². The van der Waals surface area contributed by atoms with Crippen molar-refractivity contribution in [3.63, 3.8) is 0 Å². The van der Waals surface area contributed by atoms with Crippen LogP contribution < -0.4 is 0 Å². The SMILES string of the molecule is O=C(c1cnn2cc(CCO)cnc12)N1C[C@@H]2CC[C@H](C1)N(CC1CC1)C2. The van der Waals surface area contributed by atoms with Crippen LogP contribution in [0.5, 0.6) is 0 Å². The van der Waals surface area contributed by atoms with Gasteiger partial charge in [0, 0.05) is 51.2 Å². The number of piperidine rings is 1. The fraction of sp³-hybridized carbons (Fsp3) is 0.650. The first-order chi connectivity index (χ1) is 13.2. The lowest BCUT2D eigenvalue weighted by atomic mass is 9.95. The van der Waals surface area contributed by atoms with Crippen molar-refractivity contribution in [3.05, 3.63) is 29.7 Å². The van der Waals surface area contributed by atoms with Crippen molar-refractivity contribution < 1.29 is 9.90 Å². The van der Waals surface area contributed by atoms with Crippen LogP contribution in [0, 0.1) is 11.8 Å². The summed E-state index contributed by atoms with van der Waals surface area (Å²) in [6.45, 7) is 4.10. The minimum Gasteiger partial charge on any atom is -0.396 e. The zero-order chi connectivity index (χ0) is 18.4. The van der Waals surface area contributed by atoms with Crippen LogP contribution in [0.3, 0.4) is 0 Å². The van der Waals surface area contributed by atoms with Crippen LogP contribution in [0.15, 0.2) is 18.6 Å². The van der Waals surface area contributed by atoms with E-state index < -0.39 is 0 Å². The molecule has 2 bridgehead atoms. The lowest BCUT2D eigenvalue weighted by molar-refractivity contribution is 0.0738. The minimum absolute atomic E-state index is 0.0533. The molecule has 3 aliphatic heterocycles. The summed E-state index contributed by atoms with van der Waals surface area (Å²) in [4.78, 5) is 22.4. The largest absolute Gasteiger partial charge is 0.396 e. The molecule has 2 aromatic rings. The summed E-state index contributed by atoms with van der Waals surface area (Å²) >= 11 is 0. The summed E-state index contributed by atoms with van der Waals surface area (Å²) < 4.78 is 1.66. The zero-order valence-electron chi connectivity index (χ0n) is 15.6. The molecule has 7 nitrogen and oxygen atoms in total. The molecule has 1 saturated carbocycles. The summed E-state index contributed by atoms with van der Waals surface area (Å²) in [5, 5.41) is 13.4. The predicted molar refractivity (Wildman–Crippen MR) is 100 cm³/mol. The predicted octanol–water partition coefficient (Wildman–Crippen LogP) is 1.21. The fourth-order valence-electron chi connectivity index (χ4n) is 4.69. The Hall–Kier alpha value is -1.99. The Bertz CT molecular complexity index is 846. The van der Waals surface area contributed by atoms with Gasteiger partial charge in [-0.05, 0) is 49.5 Å². The first kappa shape index (κ1) is 17.1. The van der Waals surface area contributed by atoms with Crippen molar-refractivity contribution in [2.45, 2.75) is 38.1 Å². The Balaban J connectivity index is 1.37. The normalized spacial score (nSPS) is 25.9. The van der Waals surface area contributed by atoms with E-state index >= 15 is 0 Å². The number of aliphatic hydroxyl groups is 1. The van der Waals surface area contributed by atoms with E-state index in [1.807, 2.05) is 11.1 Å². The van der Waals surface area contributed by atoms with Gasteiger partial charge >= 0.3 is 0 Å². The van der Waals surface area contributed by atoms with E-state index in [0.29, 0.717) is 29.6 Å². The van der Waals surface area contributed by atoms with E-state index in [2.05, 4.69) is 15.0 Å². The molecule has 5 heterocycles. The number of carbonyl (C=O) groups excluding carboxylic acids is 1. The number of carbonyl (C=O) groups is 1. The van der Waals surface area contributed by atoms with Gasteiger partial charge in [0.1, 0.15) is 5.56 Å². The molecule has 144 valence electrons. The second-order valence-electron chi connectivity index (χ2n) is 8.47. The minimum atomic E-state index is 0.0533. The van der Waals surface area contributed by atoms with Crippen molar-refractivity contribution >= 4 is 11.6 Å². The molecule has 2 aromatic heterocycles. The molecule has 4 fully saturated rings. The van der Waals surface area contributed by atoms with Crippen LogP contribution in [0.2, 0.25) is 0 Å². The molecule has 0 radical (unpaired) electrons. The first-order valence-electron chi connectivity index (χ1n) is 10.2. The van der Waals surface area contributed by atoms with Gasteiger partial charge in [0.15, 0.2) is 5.65 Å². The van der Waals surface area contributed by atoms with E-state index in [1.54, 1.807) is 16.9 Å². The molecule has 0 unspecified atom stereocenters. The molecule has 27 heavy (non-hydrogen) atoms. The molecule has 3 saturated heterocycles. The summed E-state index contributed by atoms with van der Waals surface area (Å²) in [6.07, 6.45) is 10.9. The number of nitrogens with zero attached hydrogens (tertiary/aromatic N) is 5. The van der Waals surface area contributed by atoms with Crippen molar-refractivity contribution in [2.24, 2.45) is 11.8 Å². The van der Waals surface area contributed by atoms with E-state index in [1.165, 1.54) is 32.2 Å². The van der Waals surface area contributed by atoms with Gasteiger partial charge in [-0.2, -0.15) is 5.10 Å². The number of amides is 1.